The molecular formula is C33H29NO. The maximum atomic E-state index is 11.0. The Kier molecular flexibility index (Phi) is 6.47. The lowest BCUT2D eigenvalue weighted by atomic mass is 9.93. The summed E-state index contributed by atoms with van der Waals surface area (Å²) >= 11 is 0. The van der Waals surface area contributed by atoms with Crippen LogP contribution in [0.5, 0.6) is 5.75 Å². The maximum absolute atomic E-state index is 11.0. The number of benzene rings is 5. The van der Waals surface area contributed by atoms with Gasteiger partial charge in [0.1, 0.15) is 5.75 Å². The Balaban J connectivity index is 1.49. The molecule has 0 unspecified atom stereocenters. The van der Waals surface area contributed by atoms with Gasteiger partial charge >= 0.3 is 0 Å². The molecule has 172 valence electrons. The van der Waals surface area contributed by atoms with Crippen LogP contribution in [0.2, 0.25) is 0 Å². The molecular weight excluding hydrogens is 426 g/mol. The second-order valence-electron chi connectivity index (χ2n) is 8.90. The molecule has 2 nitrogen and oxygen atoms in total. The minimum absolute atomic E-state index is 0.283. The van der Waals surface area contributed by atoms with Crippen LogP contribution >= 0.6 is 0 Å². The summed E-state index contributed by atoms with van der Waals surface area (Å²) in [7, 11) is 1.97. The molecule has 35 heavy (non-hydrogen) atoms. The highest BCUT2D eigenvalue weighted by atomic mass is 16.3. The van der Waals surface area contributed by atoms with Crippen LogP contribution in [-0.2, 0) is 6.54 Å². The van der Waals surface area contributed by atoms with Crippen LogP contribution < -0.4 is 5.32 Å². The molecule has 2 N–H and O–H groups in total. The van der Waals surface area contributed by atoms with E-state index in [0.717, 1.165) is 34.4 Å². The molecule has 5 aromatic carbocycles. The largest absolute Gasteiger partial charge is 0.507 e. The van der Waals surface area contributed by atoms with E-state index in [9.17, 15) is 5.11 Å². The van der Waals surface area contributed by atoms with E-state index in [0.29, 0.717) is 0 Å². The molecule has 5 aromatic rings. The molecule has 0 aromatic heterocycles. The van der Waals surface area contributed by atoms with Crippen molar-refractivity contribution in [1.82, 2.24) is 5.32 Å². The van der Waals surface area contributed by atoms with Gasteiger partial charge in [-0.3, -0.25) is 0 Å². The summed E-state index contributed by atoms with van der Waals surface area (Å²) in [5.74, 6) is 0.283. The molecule has 0 spiro atoms. The predicted octanol–water partition coefficient (Wildman–Crippen LogP) is 8.09. The fourth-order valence-electron chi connectivity index (χ4n) is 4.72. The number of phenolic OH excluding ortho intramolecular Hbond substituents is 1. The molecule has 0 fully saturated rings. The number of rotatable bonds is 6. The van der Waals surface area contributed by atoms with Crippen LogP contribution in [0, 0.1) is 6.92 Å². The van der Waals surface area contributed by atoms with Crippen LogP contribution in [0.15, 0.2) is 115 Å². The second kappa shape index (κ2) is 10.0. The van der Waals surface area contributed by atoms with Crippen molar-refractivity contribution in [2.24, 2.45) is 0 Å². The third kappa shape index (κ3) is 4.75. The van der Waals surface area contributed by atoms with E-state index < -0.39 is 0 Å². The third-order valence-electron chi connectivity index (χ3n) is 6.52. The van der Waals surface area contributed by atoms with Crippen LogP contribution in [0.25, 0.3) is 44.5 Å². The first-order chi connectivity index (χ1) is 17.1. The average molecular weight is 456 g/mol. The fraction of sp³-hybridized carbons (Fsp3) is 0.0909. The maximum Gasteiger partial charge on any atom is 0.124 e. The van der Waals surface area contributed by atoms with Crippen molar-refractivity contribution in [1.29, 1.82) is 0 Å². The zero-order chi connectivity index (χ0) is 24.2. The predicted molar refractivity (Wildman–Crippen MR) is 147 cm³/mol. The van der Waals surface area contributed by atoms with E-state index in [2.05, 4.69) is 115 Å². The molecule has 5 rings (SSSR count). The highest BCUT2D eigenvalue weighted by molar-refractivity contribution is 5.81. The van der Waals surface area contributed by atoms with Crippen LogP contribution in [0.4, 0.5) is 0 Å². The normalized spacial score (nSPS) is 10.9. The van der Waals surface area contributed by atoms with Crippen LogP contribution in [-0.4, -0.2) is 12.2 Å². The van der Waals surface area contributed by atoms with Gasteiger partial charge in [-0.15, -0.1) is 0 Å². The number of aryl methyl sites for hydroxylation is 1. The minimum Gasteiger partial charge on any atom is -0.507 e. The van der Waals surface area contributed by atoms with Crippen LogP contribution in [0.1, 0.15) is 11.1 Å². The molecule has 2 heteroatoms. The van der Waals surface area contributed by atoms with Crippen molar-refractivity contribution in [2.75, 3.05) is 7.05 Å². The van der Waals surface area contributed by atoms with E-state index in [1.165, 1.54) is 27.8 Å². The fourth-order valence-corrected chi connectivity index (χ4v) is 4.72. The molecule has 0 aliphatic heterocycles. The SMILES string of the molecule is CNCc1ccccc1-c1cccc(-c2ccc(-c3cccc(-c4ccccc4C)c3)c(O)c2)c1. The first-order valence-corrected chi connectivity index (χ1v) is 12.0. The van der Waals surface area contributed by atoms with E-state index in [-0.39, 0.29) is 5.75 Å². The zero-order valence-electron chi connectivity index (χ0n) is 20.1. The van der Waals surface area contributed by atoms with Crippen molar-refractivity contribution in [3.05, 3.63) is 126 Å². The van der Waals surface area contributed by atoms with Gasteiger partial charge in [-0.25, -0.2) is 0 Å². The molecule has 0 aliphatic rings. The lowest BCUT2D eigenvalue weighted by Gasteiger charge is -2.13. The van der Waals surface area contributed by atoms with E-state index >= 15 is 0 Å². The minimum atomic E-state index is 0.283. The quantitative estimate of drug-likeness (QED) is 0.271. The summed E-state index contributed by atoms with van der Waals surface area (Å²) in [5, 5.41) is 14.3. The van der Waals surface area contributed by atoms with Gasteiger partial charge in [-0.1, -0.05) is 97.1 Å². The number of hydrogen-bond donors (Lipinski definition) is 2. The number of phenols is 1. The van der Waals surface area contributed by atoms with Crippen molar-refractivity contribution in [2.45, 2.75) is 13.5 Å². The van der Waals surface area contributed by atoms with Gasteiger partial charge in [-0.05, 0) is 82.2 Å². The van der Waals surface area contributed by atoms with Crippen molar-refractivity contribution >= 4 is 0 Å². The van der Waals surface area contributed by atoms with Crippen molar-refractivity contribution in [3.8, 4) is 50.3 Å². The molecule has 0 amide bonds. The summed E-state index contributed by atoms with van der Waals surface area (Å²) in [4.78, 5) is 0. The summed E-state index contributed by atoms with van der Waals surface area (Å²) in [6.07, 6.45) is 0. The van der Waals surface area contributed by atoms with Gasteiger partial charge < -0.3 is 10.4 Å². The Hall–Kier alpha value is -4.14. The number of aromatic hydroxyl groups is 1. The smallest absolute Gasteiger partial charge is 0.124 e. The molecule has 0 aliphatic carbocycles. The van der Waals surface area contributed by atoms with Gasteiger partial charge in [-0.2, -0.15) is 0 Å². The lowest BCUT2D eigenvalue weighted by molar-refractivity contribution is 0.477. The second-order valence-corrected chi connectivity index (χ2v) is 8.90. The number of nitrogens with one attached hydrogen (secondary N) is 1. The van der Waals surface area contributed by atoms with Gasteiger partial charge in [0.25, 0.3) is 0 Å². The Bertz CT molecular complexity index is 1480. The van der Waals surface area contributed by atoms with E-state index in [1.807, 2.05) is 19.2 Å². The Labute approximate surface area is 207 Å². The standard InChI is InChI=1S/C33H29NO/c1-23-9-3-5-15-30(23)26-12-8-14-28(20-26)32-18-17-25(21-33(32)35)24-11-7-13-27(19-24)31-16-6-4-10-29(31)22-34-2/h3-21,34-35H,22H2,1-2H3. The molecule has 0 saturated heterocycles. The summed E-state index contributed by atoms with van der Waals surface area (Å²) in [5.41, 5.74) is 11.2. The number of hydrogen-bond acceptors (Lipinski definition) is 2. The van der Waals surface area contributed by atoms with E-state index in [4.69, 9.17) is 0 Å². The first-order valence-electron chi connectivity index (χ1n) is 12.0. The summed E-state index contributed by atoms with van der Waals surface area (Å²) in [6.45, 7) is 2.94. The summed E-state index contributed by atoms with van der Waals surface area (Å²) in [6, 6.07) is 39.7. The third-order valence-corrected chi connectivity index (χ3v) is 6.52. The molecule has 0 atom stereocenters. The molecule has 0 heterocycles. The Morgan fingerprint density at radius 2 is 1.11 bits per heavy atom. The van der Waals surface area contributed by atoms with Crippen molar-refractivity contribution in [3.63, 3.8) is 0 Å². The lowest BCUT2D eigenvalue weighted by Crippen LogP contribution is -2.06. The average Bonchev–Trinajstić information content (AvgIpc) is 2.89. The molecule has 0 saturated carbocycles. The topological polar surface area (TPSA) is 32.3 Å². The van der Waals surface area contributed by atoms with Gasteiger partial charge in [0, 0.05) is 12.1 Å². The summed E-state index contributed by atoms with van der Waals surface area (Å²) < 4.78 is 0. The van der Waals surface area contributed by atoms with E-state index in [1.54, 1.807) is 0 Å². The highest BCUT2D eigenvalue weighted by Crippen LogP contribution is 2.36. The zero-order valence-corrected chi connectivity index (χ0v) is 20.1. The van der Waals surface area contributed by atoms with Crippen LogP contribution in [0.3, 0.4) is 0 Å². The van der Waals surface area contributed by atoms with Gasteiger partial charge in [0.05, 0.1) is 0 Å². The molecule has 0 bridgehead atoms. The van der Waals surface area contributed by atoms with Gasteiger partial charge in [0.15, 0.2) is 0 Å². The Morgan fingerprint density at radius 1 is 0.543 bits per heavy atom. The van der Waals surface area contributed by atoms with Crippen molar-refractivity contribution < 1.29 is 5.11 Å². The first kappa shape index (κ1) is 22.6. The molecule has 0 radical (unpaired) electrons. The highest BCUT2D eigenvalue weighted by Gasteiger charge is 2.11. The van der Waals surface area contributed by atoms with Gasteiger partial charge in [0.2, 0.25) is 0 Å². The monoisotopic (exact) mass is 455 g/mol. The Morgan fingerprint density at radius 3 is 1.83 bits per heavy atom.